The van der Waals surface area contributed by atoms with Crippen LogP contribution in [0.15, 0.2) is 53.5 Å². The number of halogens is 1. The largest absolute Gasteiger partial charge is 0.322 e. The van der Waals surface area contributed by atoms with Crippen molar-refractivity contribution in [1.29, 1.82) is 0 Å². The van der Waals surface area contributed by atoms with E-state index < -0.39 is 5.54 Å². The van der Waals surface area contributed by atoms with Gasteiger partial charge < -0.3 is 11.1 Å². The molecule has 3 N–H and O–H groups in total. The summed E-state index contributed by atoms with van der Waals surface area (Å²) in [5.41, 5.74) is 7.47. The summed E-state index contributed by atoms with van der Waals surface area (Å²) < 4.78 is 13.1. The van der Waals surface area contributed by atoms with Crippen LogP contribution in [-0.2, 0) is 12.0 Å². The molecule has 0 bridgehead atoms. The Kier molecular flexibility index (Phi) is 11.8. The Hall–Kier alpha value is -2.02. The van der Waals surface area contributed by atoms with Crippen LogP contribution in [-0.4, -0.2) is 36.2 Å². The van der Waals surface area contributed by atoms with E-state index in [-0.39, 0.29) is 23.7 Å². The maximum Gasteiger partial charge on any atom is 0.176 e. The molecule has 4 nitrogen and oxygen atoms in total. The van der Waals surface area contributed by atoms with Crippen LogP contribution in [0.4, 0.5) is 4.39 Å². The van der Waals surface area contributed by atoms with Crippen molar-refractivity contribution in [2.24, 2.45) is 10.7 Å². The number of thioether (sulfide) groups is 1. The summed E-state index contributed by atoms with van der Waals surface area (Å²) in [5, 5.41) is 3.34. The highest BCUT2D eigenvalue weighted by Crippen LogP contribution is 2.31. The Morgan fingerprint density at radius 3 is 2.41 bits per heavy atom. The first kappa shape index (κ1) is 28.0. The molecule has 0 fully saturated rings. The topological polar surface area (TPSA) is 67.5 Å². The number of rotatable bonds is 12. The number of nitrogens with zero attached hydrogens (tertiary/aromatic N) is 1. The summed E-state index contributed by atoms with van der Waals surface area (Å²) in [5.74, 6) is 1.23. The van der Waals surface area contributed by atoms with E-state index in [1.54, 1.807) is 23.9 Å². The summed E-state index contributed by atoms with van der Waals surface area (Å²) in [7, 11) is 0. The van der Waals surface area contributed by atoms with Crippen LogP contribution in [0.1, 0.15) is 62.5 Å². The molecule has 0 heterocycles. The van der Waals surface area contributed by atoms with Gasteiger partial charge in [-0.3, -0.25) is 9.79 Å². The lowest BCUT2D eigenvalue weighted by Crippen LogP contribution is -2.44. The molecule has 1 atom stereocenters. The molecular weight excluding hydrogens is 421 g/mol. The van der Waals surface area contributed by atoms with E-state index in [0.29, 0.717) is 17.9 Å². The number of carbonyl (C=O) groups is 1. The number of hydrogen-bond donors (Lipinski definition) is 2. The van der Waals surface area contributed by atoms with Crippen molar-refractivity contribution in [2.45, 2.75) is 58.5 Å². The first-order valence-electron chi connectivity index (χ1n) is 11.1. The van der Waals surface area contributed by atoms with Crippen LogP contribution in [0.25, 0.3) is 0 Å². The lowest BCUT2D eigenvalue weighted by Gasteiger charge is -2.27. The molecule has 2 aromatic carbocycles. The zero-order valence-corrected chi connectivity index (χ0v) is 20.9. The summed E-state index contributed by atoms with van der Waals surface area (Å²) >= 11 is 1.66. The molecule has 2 rings (SSSR count). The van der Waals surface area contributed by atoms with Crippen LogP contribution in [0, 0.1) is 5.82 Å². The van der Waals surface area contributed by atoms with Crippen LogP contribution in [0.5, 0.6) is 0 Å². The highest BCUT2D eigenvalue weighted by Gasteiger charge is 2.25. The van der Waals surface area contributed by atoms with Gasteiger partial charge in [-0.25, -0.2) is 4.39 Å². The minimum atomic E-state index is -0.451. The van der Waals surface area contributed by atoms with E-state index in [1.165, 1.54) is 12.1 Å². The Balaban J connectivity index is 0.00000249. The standard InChI is InChI=1S/C24H32FN3OS.C2H6/c1-23(2,15-18-8-10-21(25)11-9-18)28-16-22(29)19-6-5-7-20(14-19)24(3,27-4)12-13-30-17-26;1-2/h5-11,14,28H,4,12-13,15-17,26H2,1-3H3;1-2H3. The number of hydrogen-bond acceptors (Lipinski definition) is 5. The second-order valence-electron chi connectivity index (χ2n) is 8.30. The third-order valence-electron chi connectivity index (χ3n) is 5.29. The molecule has 0 aliphatic rings. The molecule has 176 valence electrons. The van der Waals surface area contributed by atoms with Gasteiger partial charge in [-0.2, -0.15) is 0 Å². The molecule has 0 saturated carbocycles. The third-order valence-corrected chi connectivity index (χ3v) is 6.02. The van der Waals surface area contributed by atoms with Gasteiger partial charge in [0.1, 0.15) is 5.82 Å². The van der Waals surface area contributed by atoms with E-state index in [0.717, 1.165) is 23.3 Å². The third kappa shape index (κ3) is 8.85. The number of Topliss-reactive ketones (excluding diaryl/α,β-unsaturated/α-hetero) is 1. The zero-order valence-electron chi connectivity index (χ0n) is 20.1. The second-order valence-corrected chi connectivity index (χ2v) is 9.45. The molecule has 0 amide bonds. The van der Waals surface area contributed by atoms with Gasteiger partial charge >= 0.3 is 0 Å². The molecule has 0 radical (unpaired) electrons. The molecule has 1 unspecified atom stereocenters. The van der Waals surface area contributed by atoms with E-state index in [2.05, 4.69) is 17.0 Å². The van der Waals surface area contributed by atoms with Gasteiger partial charge in [0.05, 0.1) is 12.1 Å². The summed E-state index contributed by atoms with van der Waals surface area (Å²) in [6.07, 6.45) is 1.50. The predicted molar refractivity (Wildman–Crippen MR) is 137 cm³/mol. The smallest absolute Gasteiger partial charge is 0.176 e. The van der Waals surface area contributed by atoms with Crippen molar-refractivity contribution in [2.75, 3.05) is 18.2 Å². The van der Waals surface area contributed by atoms with Gasteiger partial charge in [0, 0.05) is 17.0 Å². The summed E-state index contributed by atoms with van der Waals surface area (Å²) in [6.45, 7) is 14.1. The minimum Gasteiger partial charge on any atom is -0.322 e. The van der Waals surface area contributed by atoms with Crippen molar-refractivity contribution in [3.8, 4) is 0 Å². The molecule has 0 saturated heterocycles. The van der Waals surface area contributed by atoms with Gasteiger partial charge in [0.2, 0.25) is 0 Å². The van der Waals surface area contributed by atoms with E-state index in [4.69, 9.17) is 5.73 Å². The van der Waals surface area contributed by atoms with E-state index in [1.807, 2.05) is 58.9 Å². The predicted octanol–water partition coefficient (Wildman–Crippen LogP) is 5.60. The SMILES string of the molecule is C=NC(C)(CCSCN)c1cccc(C(=O)CNC(C)(C)Cc2ccc(F)cc2)c1.CC. The lowest BCUT2D eigenvalue weighted by molar-refractivity contribution is 0.0980. The van der Waals surface area contributed by atoms with Crippen molar-refractivity contribution in [1.82, 2.24) is 5.32 Å². The zero-order chi connectivity index (χ0) is 24.2. The van der Waals surface area contributed by atoms with E-state index >= 15 is 0 Å². The van der Waals surface area contributed by atoms with Crippen molar-refractivity contribution in [3.05, 3.63) is 71.0 Å². The highest BCUT2D eigenvalue weighted by molar-refractivity contribution is 7.99. The fourth-order valence-corrected chi connectivity index (χ4v) is 4.00. The maximum atomic E-state index is 13.1. The summed E-state index contributed by atoms with van der Waals surface area (Å²) in [6, 6.07) is 14.1. The van der Waals surface area contributed by atoms with Gasteiger partial charge in [-0.1, -0.05) is 44.2 Å². The Morgan fingerprint density at radius 2 is 1.81 bits per heavy atom. The average Bonchev–Trinajstić information content (AvgIpc) is 2.80. The molecule has 0 aliphatic heterocycles. The van der Waals surface area contributed by atoms with Gasteiger partial charge in [0.15, 0.2) is 5.78 Å². The number of aliphatic imine (C=N–C) groups is 1. The van der Waals surface area contributed by atoms with Crippen LogP contribution in [0.2, 0.25) is 0 Å². The van der Waals surface area contributed by atoms with Gasteiger partial charge in [-0.15, -0.1) is 11.8 Å². The minimum absolute atomic E-state index is 0.0202. The lowest BCUT2D eigenvalue weighted by atomic mass is 9.88. The number of nitrogens with two attached hydrogens (primary N) is 1. The van der Waals surface area contributed by atoms with E-state index in [9.17, 15) is 9.18 Å². The normalized spacial score (nSPS) is 13.0. The molecule has 6 heteroatoms. The quantitative estimate of drug-likeness (QED) is 0.188. The van der Waals surface area contributed by atoms with Crippen LogP contribution >= 0.6 is 11.8 Å². The van der Waals surface area contributed by atoms with Gasteiger partial charge in [-0.05, 0) is 75.4 Å². The Bertz CT molecular complexity index is 854. The maximum absolute atomic E-state index is 13.1. The van der Waals surface area contributed by atoms with Crippen LogP contribution < -0.4 is 11.1 Å². The molecule has 0 spiro atoms. The monoisotopic (exact) mass is 459 g/mol. The Morgan fingerprint density at radius 1 is 1.16 bits per heavy atom. The molecule has 32 heavy (non-hydrogen) atoms. The number of carbonyl (C=O) groups excluding carboxylic acids is 1. The number of benzene rings is 2. The number of nitrogens with one attached hydrogen (secondary N) is 1. The highest BCUT2D eigenvalue weighted by atomic mass is 32.2. The summed E-state index contributed by atoms with van der Waals surface area (Å²) in [4.78, 5) is 17.2. The van der Waals surface area contributed by atoms with Crippen molar-refractivity contribution >= 4 is 24.3 Å². The first-order chi connectivity index (χ1) is 15.2. The van der Waals surface area contributed by atoms with Crippen molar-refractivity contribution < 1.29 is 9.18 Å². The first-order valence-corrected chi connectivity index (χ1v) is 12.2. The van der Waals surface area contributed by atoms with Crippen LogP contribution in [0.3, 0.4) is 0 Å². The molecule has 2 aromatic rings. The molecule has 0 aromatic heterocycles. The second kappa shape index (κ2) is 13.5. The average molecular weight is 460 g/mol. The van der Waals surface area contributed by atoms with Gasteiger partial charge in [0.25, 0.3) is 0 Å². The fraction of sp³-hybridized carbons (Fsp3) is 0.462. The Labute approximate surface area is 197 Å². The molecular formula is C26H38FN3OS. The number of ketones is 1. The fourth-order valence-electron chi connectivity index (χ4n) is 3.29. The molecule has 0 aliphatic carbocycles. The van der Waals surface area contributed by atoms with Crippen molar-refractivity contribution in [3.63, 3.8) is 0 Å².